The molecule has 86 valence electrons. The van der Waals surface area contributed by atoms with Gasteiger partial charge in [-0.25, -0.2) is 4.98 Å². The molecular weight excluding hydrogens is 224 g/mol. The van der Waals surface area contributed by atoms with Crippen LogP contribution in [-0.4, -0.2) is 9.97 Å². The summed E-state index contributed by atoms with van der Waals surface area (Å²) in [4.78, 5) is 7.44. The SMILES string of the molecule is c1ccc2oc(-c3c[nH]c4ncccc34)cc2c1. The molecule has 0 aliphatic heterocycles. The van der Waals surface area contributed by atoms with Crippen molar-refractivity contribution in [1.82, 2.24) is 9.97 Å². The molecule has 3 nitrogen and oxygen atoms in total. The summed E-state index contributed by atoms with van der Waals surface area (Å²) in [6, 6.07) is 14.1. The molecule has 0 amide bonds. The van der Waals surface area contributed by atoms with Gasteiger partial charge in [0.1, 0.15) is 17.0 Å². The Morgan fingerprint density at radius 1 is 1.06 bits per heavy atom. The van der Waals surface area contributed by atoms with Crippen molar-refractivity contribution in [2.45, 2.75) is 0 Å². The zero-order valence-corrected chi connectivity index (χ0v) is 9.55. The lowest BCUT2D eigenvalue weighted by Crippen LogP contribution is -1.73. The number of nitrogens with zero attached hydrogens (tertiary/aromatic N) is 1. The standard InChI is InChI=1S/C15H10N2O/c1-2-6-13-10(4-1)8-14(18-13)12-9-17-15-11(12)5-3-7-16-15/h1-9H,(H,16,17). The van der Waals surface area contributed by atoms with Crippen molar-refractivity contribution in [2.75, 3.05) is 0 Å². The van der Waals surface area contributed by atoms with Gasteiger partial charge in [0, 0.05) is 28.7 Å². The van der Waals surface area contributed by atoms with Gasteiger partial charge in [-0.05, 0) is 24.3 Å². The maximum absolute atomic E-state index is 5.87. The van der Waals surface area contributed by atoms with E-state index in [2.05, 4.69) is 22.1 Å². The highest BCUT2D eigenvalue weighted by atomic mass is 16.3. The number of hydrogen-bond donors (Lipinski definition) is 1. The Morgan fingerprint density at radius 2 is 2.00 bits per heavy atom. The molecule has 3 heteroatoms. The highest BCUT2D eigenvalue weighted by Gasteiger charge is 2.10. The Balaban J connectivity index is 2.01. The van der Waals surface area contributed by atoms with E-state index in [1.807, 2.05) is 36.5 Å². The largest absolute Gasteiger partial charge is 0.456 e. The fourth-order valence-corrected chi connectivity index (χ4v) is 2.27. The van der Waals surface area contributed by atoms with E-state index in [-0.39, 0.29) is 0 Å². The third-order valence-electron chi connectivity index (χ3n) is 3.14. The Kier molecular flexibility index (Phi) is 1.83. The molecular formula is C15H10N2O. The molecule has 1 aromatic carbocycles. The second-order valence-electron chi connectivity index (χ2n) is 4.25. The predicted molar refractivity (Wildman–Crippen MR) is 71.3 cm³/mol. The fourth-order valence-electron chi connectivity index (χ4n) is 2.27. The molecule has 0 saturated carbocycles. The van der Waals surface area contributed by atoms with Crippen LogP contribution in [0.25, 0.3) is 33.3 Å². The first kappa shape index (κ1) is 9.48. The lowest BCUT2D eigenvalue weighted by Gasteiger charge is -1.92. The summed E-state index contributed by atoms with van der Waals surface area (Å²) in [5.74, 6) is 0.871. The van der Waals surface area contributed by atoms with Gasteiger partial charge >= 0.3 is 0 Å². The third-order valence-corrected chi connectivity index (χ3v) is 3.14. The van der Waals surface area contributed by atoms with E-state index >= 15 is 0 Å². The summed E-state index contributed by atoms with van der Waals surface area (Å²) in [5, 5.41) is 2.20. The normalized spacial score (nSPS) is 11.3. The topological polar surface area (TPSA) is 41.8 Å². The van der Waals surface area contributed by atoms with E-state index < -0.39 is 0 Å². The quantitative estimate of drug-likeness (QED) is 0.541. The van der Waals surface area contributed by atoms with Gasteiger partial charge in [0.15, 0.2) is 0 Å². The third kappa shape index (κ3) is 1.27. The first-order chi connectivity index (χ1) is 8.92. The Hall–Kier alpha value is -2.55. The monoisotopic (exact) mass is 234 g/mol. The fraction of sp³-hybridized carbons (Fsp3) is 0. The number of aromatic amines is 1. The molecule has 4 aromatic rings. The van der Waals surface area contributed by atoms with Crippen LogP contribution in [-0.2, 0) is 0 Å². The Bertz CT molecular complexity index is 809. The van der Waals surface area contributed by atoms with Gasteiger partial charge in [0.2, 0.25) is 0 Å². The number of furan rings is 1. The lowest BCUT2D eigenvalue weighted by molar-refractivity contribution is 0.632. The molecule has 0 aliphatic rings. The minimum absolute atomic E-state index is 0.871. The minimum atomic E-state index is 0.871. The number of aromatic nitrogens is 2. The number of hydrogen-bond acceptors (Lipinski definition) is 2. The summed E-state index contributed by atoms with van der Waals surface area (Å²) in [7, 11) is 0. The molecule has 1 N–H and O–H groups in total. The van der Waals surface area contributed by atoms with E-state index in [0.717, 1.165) is 33.3 Å². The summed E-state index contributed by atoms with van der Waals surface area (Å²) < 4.78 is 5.87. The summed E-state index contributed by atoms with van der Waals surface area (Å²) in [6.07, 6.45) is 3.72. The highest BCUT2D eigenvalue weighted by molar-refractivity contribution is 5.94. The van der Waals surface area contributed by atoms with Gasteiger partial charge in [0.25, 0.3) is 0 Å². The van der Waals surface area contributed by atoms with Crippen molar-refractivity contribution in [1.29, 1.82) is 0 Å². The van der Waals surface area contributed by atoms with Crippen molar-refractivity contribution >= 4 is 22.0 Å². The van der Waals surface area contributed by atoms with Gasteiger partial charge in [-0.2, -0.15) is 0 Å². The summed E-state index contributed by atoms with van der Waals surface area (Å²) in [5.41, 5.74) is 2.84. The van der Waals surface area contributed by atoms with Crippen LogP contribution in [0, 0.1) is 0 Å². The lowest BCUT2D eigenvalue weighted by atomic mass is 10.1. The second-order valence-corrected chi connectivity index (χ2v) is 4.25. The van der Waals surface area contributed by atoms with E-state index in [1.54, 1.807) is 6.20 Å². The van der Waals surface area contributed by atoms with Crippen molar-refractivity contribution in [3.63, 3.8) is 0 Å². The Morgan fingerprint density at radius 3 is 2.94 bits per heavy atom. The molecule has 3 aromatic heterocycles. The zero-order valence-electron chi connectivity index (χ0n) is 9.55. The molecule has 0 bridgehead atoms. The molecule has 0 unspecified atom stereocenters. The van der Waals surface area contributed by atoms with Crippen LogP contribution < -0.4 is 0 Å². The van der Waals surface area contributed by atoms with E-state index in [9.17, 15) is 0 Å². The van der Waals surface area contributed by atoms with Crippen LogP contribution in [0.3, 0.4) is 0 Å². The van der Waals surface area contributed by atoms with E-state index in [1.165, 1.54) is 0 Å². The average molecular weight is 234 g/mol. The number of H-pyrrole nitrogens is 1. The van der Waals surface area contributed by atoms with Crippen LogP contribution >= 0.6 is 0 Å². The summed E-state index contributed by atoms with van der Waals surface area (Å²) >= 11 is 0. The van der Waals surface area contributed by atoms with Crippen molar-refractivity contribution in [3.05, 3.63) is 54.9 Å². The number of pyridine rings is 1. The number of fused-ring (bicyclic) bond motifs is 2. The van der Waals surface area contributed by atoms with Crippen LogP contribution in [0.5, 0.6) is 0 Å². The van der Waals surface area contributed by atoms with Gasteiger partial charge < -0.3 is 9.40 Å². The maximum Gasteiger partial charge on any atom is 0.137 e. The van der Waals surface area contributed by atoms with Crippen LogP contribution in [0.15, 0.2) is 59.3 Å². The number of rotatable bonds is 1. The first-order valence-electron chi connectivity index (χ1n) is 5.83. The summed E-state index contributed by atoms with van der Waals surface area (Å²) in [6.45, 7) is 0. The second kappa shape index (κ2) is 3.47. The molecule has 18 heavy (non-hydrogen) atoms. The van der Waals surface area contributed by atoms with Crippen molar-refractivity contribution < 1.29 is 4.42 Å². The van der Waals surface area contributed by atoms with Crippen molar-refractivity contribution in [3.8, 4) is 11.3 Å². The van der Waals surface area contributed by atoms with E-state index in [4.69, 9.17) is 4.42 Å². The minimum Gasteiger partial charge on any atom is -0.456 e. The van der Waals surface area contributed by atoms with Crippen LogP contribution in [0.1, 0.15) is 0 Å². The maximum atomic E-state index is 5.87. The van der Waals surface area contributed by atoms with Gasteiger partial charge in [-0.15, -0.1) is 0 Å². The van der Waals surface area contributed by atoms with Crippen molar-refractivity contribution in [2.24, 2.45) is 0 Å². The molecule has 0 radical (unpaired) electrons. The molecule has 0 atom stereocenters. The number of para-hydroxylation sites is 1. The smallest absolute Gasteiger partial charge is 0.137 e. The molecule has 3 heterocycles. The predicted octanol–water partition coefficient (Wildman–Crippen LogP) is 3.98. The zero-order chi connectivity index (χ0) is 11.9. The van der Waals surface area contributed by atoms with Gasteiger partial charge in [0.05, 0.1) is 0 Å². The van der Waals surface area contributed by atoms with E-state index in [0.29, 0.717) is 0 Å². The molecule has 0 aliphatic carbocycles. The molecule has 0 fully saturated rings. The molecule has 0 spiro atoms. The number of benzene rings is 1. The highest BCUT2D eigenvalue weighted by Crippen LogP contribution is 2.32. The number of nitrogens with one attached hydrogen (secondary N) is 1. The molecule has 4 rings (SSSR count). The van der Waals surface area contributed by atoms with Gasteiger partial charge in [-0.3, -0.25) is 0 Å². The van der Waals surface area contributed by atoms with Gasteiger partial charge in [-0.1, -0.05) is 18.2 Å². The molecule has 0 saturated heterocycles. The Labute approximate surface area is 103 Å². The average Bonchev–Trinajstić information content (AvgIpc) is 3.02. The van der Waals surface area contributed by atoms with Crippen LogP contribution in [0.2, 0.25) is 0 Å². The van der Waals surface area contributed by atoms with Crippen LogP contribution in [0.4, 0.5) is 0 Å². The first-order valence-corrected chi connectivity index (χ1v) is 5.83.